The maximum atomic E-state index is 12.6. The number of nitrogens with one attached hydrogen (secondary N) is 1. The average molecular weight is 376 g/mol. The van der Waals surface area contributed by atoms with Gasteiger partial charge in [-0.1, -0.05) is 26.0 Å². The number of amides is 2. The van der Waals surface area contributed by atoms with Gasteiger partial charge in [-0.2, -0.15) is 0 Å². The van der Waals surface area contributed by atoms with Gasteiger partial charge in [0, 0.05) is 26.7 Å². The van der Waals surface area contributed by atoms with E-state index < -0.39 is 0 Å². The third-order valence-electron chi connectivity index (χ3n) is 4.86. The van der Waals surface area contributed by atoms with Crippen molar-refractivity contribution in [2.75, 3.05) is 39.8 Å². The van der Waals surface area contributed by atoms with E-state index in [1.807, 2.05) is 26.0 Å². The summed E-state index contributed by atoms with van der Waals surface area (Å²) in [6.45, 7) is 11.5. The molecule has 1 fully saturated rings. The Morgan fingerprint density at radius 3 is 2.81 bits per heavy atom. The molecule has 1 atom stereocenters. The maximum absolute atomic E-state index is 12.6. The fourth-order valence-electron chi connectivity index (χ4n) is 3.27. The molecule has 2 rings (SSSR count). The molecule has 0 aliphatic carbocycles. The van der Waals surface area contributed by atoms with E-state index >= 15 is 0 Å². The smallest absolute Gasteiger partial charge is 0.237 e. The molecule has 1 aliphatic rings. The van der Waals surface area contributed by atoms with Gasteiger partial charge in [-0.3, -0.25) is 14.5 Å². The van der Waals surface area contributed by atoms with Crippen molar-refractivity contribution in [2.45, 2.75) is 40.2 Å². The van der Waals surface area contributed by atoms with Crippen LogP contribution in [0.3, 0.4) is 0 Å². The topological polar surface area (TPSA) is 61.9 Å². The second-order valence-corrected chi connectivity index (χ2v) is 7.83. The Balaban J connectivity index is 1.86. The third kappa shape index (κ3) is 6.24. The zero-order valence-corrected chi connectivity index (χ0v) is 17.2. The van der Waals surface area contributed by atoms with Gasteiger partial charge in [-0.15, -0.1) is 0 Å². The van der Waals surface area contributed by atoms with Gasteiger partial charge in [-0.25, -0.2) is 0 Å². The van der Waals surface area contributed by atoms with Crippen molar-refractivity contribution in [3.63, 3.8) is 0 Å². The van der Waals surface area contributed by atoms with Gasteiger partial charge in [0.2, 0.25) is 11.8 Å². The van der Waals surface area contributed by atoms with E-state index in [1.165, 1.54) is 0 Å². The number of piperazine rings is 1. The van der Waals surface area contributed by atoms with Gasteiger partial charge in [0.25, 0.3) is 0 Å². The average Bonchev–Trinajstić information content (AvgIpc) is 2.60. The normalized spacial score (nSPS) is 17.7. The molecule has 0 radical (unpaired) electrons. The van der Waals surface area contributed by atoms with Crippen LogP contribution in [-0.4, -0.2) is 67.5 Å². The Bertz CT molecular complexity index is 660. The van der Waals surface area contributed by atoms with Crippen LogP contribution in [0.4, 0.5) is 0 Å². The van der Waals surface area contributed by atoms with Crippen molar-refractivity contribution in [2.24, 2.45) is 5.92 Å². The summed E-state index contributed by atoms with van der Waals surface area (Å²) in [5.41, 5.74) is 2.23. The largest absolute Gasteiger partial charge is 0.491 e. The van der Waals surface area contributed by atoms with E-state index in [4.69, 9.17) is 4.74 Å². The molecule has 1 aromatic rings. The summed E-state index contributed by atoms with van der Waals surface area (Å²) in [6.07, 6.45) is 0.207. The summed E-state index contributed by atoms with van der Waals surface area (Å²) in [5, 5.41) is 2.88. The second kappa shape index (κ2) is 9.74. The Labute approximate surface area is 162 Å². The molecule has 0 bridgehead atoms. The van der Waals surface area contributed by atoms with Crippen LogP contribution in [0.2, 0.25) is 0 Å². The van der Waals surface area contributed by atoms with Crippen LogP contribution >= 0.6 is 0 Å². The van der Waals surface area contributed by atoms with Gasteiger partial charge in [0.15, 0.2) is 0 Å². The van der Waals surface area contributed by atoms with Crippen LogP contribution in [0.15, 0.2) is 18.2 Å². The Hall–Kier alpha value is -2.08. The summed E-state index contributed by atoms with van der Waals surface area (Å²) in [5.74, 6) is 1.23. The predicted molar refractivity (Wildman–Crippen MR) is 107 cm³/mol. The van der Waals surface area contributed by atoms with Crippen LogP contribution in [0.1, 0.15) is 31.4 Å². The van der Waals surface area contributed by atoms with Gasteiger partial charge in [0.1, 0.15) is 12.4 Å². The molecule has 1 heterocycles. The predicted octanol–water partition coefficient (Wildman–Crippen LogP) is 1.99. The van der Waals surface area contributed by atoms with Gasteiger partial charge in [-0.05, 0) is 37.0 Å². The van der Waals surface area contributed by atoms with Crippen LogP contribution in [0.25, 0.3) is 0 Å². The number of benzene rings is 1. The molecule has 6 nitrogen and oxygen atoms in total. The molecule has 1 N–H and O–H groups in total. The molecular weight excluding hydrogens is 342 g/mol. The number of likely N-dealkylation sites (N-methyl/N-ethyl adjacent to an activating group) is 1. The zero-order valence-electron chi connectivity index (χ0n) is 17.2. The van der Waals surface area contributed by atoms with E-state index in [9.17, 15) is 9.59 Å². The van der Waals surface area contributed by atoms with Crippen molar-refractivity contribution >= 4 is 11.8 Å². The lowest BCUT2D eigenvalue weighted by Gasteiger charge is -2.36. The first-order chi connectivity index (χ1) is 12.8. The molecule has 6 heteroatoms. The molecule has 0 aromatic heterocycles. The third-order valence-corrected chi connectivity index (χ3v) is 4.86. The van der Waals surface area contributed by atoms with Gasteiger partial charge < -0.3 is 15.0 Å². The molecule has 0 saturated carbocycles. The van der Waals surface area contributed by atoms with Crippen LogP contribution in [0, 0.1) is 19.8 Å². The van der Waals surface area contributed by atoms with Crippen molar-refractivity contribution in [1.29, 1.82) is 0 Å². The fourth-order valence-corrected chi connectivity index (χ4v) is 3.27. The SMILES string of the molecule is Cc1ccc(C)c(OCCN(C)C(=O)C[C@@H]2C(=O)NCCN2CC(C)C)c1. The number of rotatable bonds is 8. The number of ether oxygens (including phenoxy) is 1. The number of aryl methyl sites for hydroxylation is 2. The first-order valence-electron chi connectivity index (χ1n) is 9.73. The summed E-state index contributed by atoms with van der Waals surface area (Å²) < 4.78 is 5.84. The lowest BCUT2D eigenvalue weighted by atomic mass is 10.1. The number of hydrogen-bond donors (Lipinski definition) is 1. The van der Waals surface area contributed by atoms with E-state index in [-0.39, 0.29) is 24.3 Å². The lowest BCUT2D eigenvalue weighted by molar-refractivity contribution is -0.138. The summed E-state index contributed by atoms with van der Waals surface area (Å²) in [7, 11) is 1.77. The molecule has 0 spiro atoms. The quantitative estimate of drug-likeness (QED) is 0.755. The van der Waals surface area contributed by atoms with Crippen molar-refractivity contribution < 1.29 is 14.3 Å². The first-order valence-corrected chi connectivity index (χ1v) is 9.73. The number of hydrogen-bond acceptors (Lipinski definition) is 4. The van der Waals surface area contributed by atoms with E-state index in [0.29, 0.717) is 25.6 Å². The highest BCUT2D eigenvalue weighted by Crippen LogP contribution is 2.19. The van der Waals surface area contributed by atoms with Crippen LogP contribution in [0.5, 0.6) is 5.75 Å². The maximum Gasteiger partial charge on any atom is 0.237 e. The summed E-state index contributed by atoms with van der Waals surface area (Å²) in [4.78, 5) is 28.7. The molecule has 27 heavy (non-hydrogen) atoms. The molecule has 0 unspecified atom stereocenters. The molecule has 1 saturated heterocycles. The standard InChI is InChI=1S/C21H33N3O3/c1-15(2)14-24-9-8-22-21(26)18(24)13-20(25)23(5)10-11-27-19-12-16(3)6-7-17(19)4/h6-7,12,15,18H,8-11,13-14H2,1-5H3,(H,22,26)/t18-/m1/s1. The lowest BCUT2D eigenvalue weighted by Crippen LogP contribution is -2.57. The highest BCUT2D eigenvalue weighted by molar-refractivity contribution is 5.88. The van der Waals surface area contributed by atoms with Crippen molar-refractivity contribution in [3.8, 4) is 5.75 Å². The molecule has 150 valence electrons. The van der Waals surface area contributed by atoms with Crippen LogP contribution < -0.4 is 10.1 Å². The Morgan fingerprint density at radius 1 is 1.37 bits per heavy atom. The van der Waals surface area contributed by atoms with Crippen LogP contribution in [-0.2, 0) is 9.59 Å². The van der Waals surface area contributed by atoms with Crippen molar-refractivity contribution in [3.05, 3.63) is 29.3 Å². The summed E-state index contributed by atoms with van der Waals surface area (Å²) >= 11 is 0. The van der Waals surface area contributed by atoms with E-state index in [0.717, 1.165) is 30.0 Å². The molecule has 1 aromatic carbocycles. The fraction of sp³-hybridized carbons (Fsp3) is 0.619. The highest BCUT2D eigenvalue weighted by Gasteiger charge is 2.32. The van der Waals surface area contributed by atoms with Gasteiger partial charge >= 0.3 is 0 Å². The Morgan fingerprint density at radius 2 is 2.11 bits per heavy atom. The number of nitrogens with zero attached hydrogens (tertiary/aromatic N) is 2. The zero-order chi connectivity index (χ0) is 20.0. The second-order valence-electron chi connectivity index (χ2n) is 7.83. The van der Waals surface area contributed by atoms with E-state index in [2.05, 4.69) is 30.1 Å². The minimum Gasteiger partial charge on any atom is -0.491 e. The minimum atomic E-state index is -0.379. The first kappa shape index (κ1) is 21.2. The van der Waals surface area contributed by atoms with Crippen molar-refractivity contribution in [1.82, 2.24) is 15.1 Å². The minimum absolute atomic E-state index is 0.0321. The Kier molecular flexibility index (Phi) is 7.66. The monoisotopic (exact) mass is 375 g/mol. The molecule has 2 amide bonds. The summed E-state index contributed by atoms with van der Waals surface area (Å²) in [6, 6.07) is 5.71. The van der Waals surface area contributed by atoms with Gasteiger partial charge in [0.05, 0.1) is 19.0 Å². The highest BCUT2D eigenvalue weighted by atomic mass is 16.5. The number of carbonyl (C=O) groups excluding carboxylic acids is 2. The molecular formula is C21H33N3O3. The van der Waals surface area contributed by atoms with E-state index in [1.54, 1.807) is 11.9 Å². The molecule has 1 aliphatic heterocycles. The number of carbonyl (C=O) groups is 2.